The number of nitrogens with zero attached hydrogens (tertiary/aromatic N) is 2. The molecule has 3 heteroatoms. The quantitative estimate of drug-likeness (QED) is 0.768. The van der Waals surface area contributed by atoms with Gasteiger partial charge < -0.3 is 4.90 Å². The van der Waals surface area contributed by atoms with Gasteiger partial charge in [-0.1, -0.05) is 36.7 Å². The van der Waals surface area contributed by atoms with Crippen LogP contribution in [0, 0.1) is 17.2 Å². The lowest BCUT2D eigenvalue weighted by molar-refractivity contribution is 0.562. The molecule has 2 aromatic carbocycles. The molecule has 0 aliphatic carbocycles. The molecular formula is C17H15ClN2. The molecule has 1 aliphatic rings. The first-order valence-corrected chi connectivity index (χ1v) is 7.12. The maximum atomic E-state index is 8.97. The zero-order valence-corrected chi connectivity index (χ0v) is 12.1. The number of nitriles is 1. The normalized spacial score (nSPS) is 17.4. The molecule has 2 nitrogen and oxygen atoms in total. The van der Waals surface area contributed by atoms with E-state index in [1.165, 1.54) is 11.3 Å². The summed E-state index contributed by atoms with van der Waals surface area (Å²) in [6, 6.07) is 16.2. The van der Waals surface area contributed by atoms with Gasteiger partial charge in [0.2, 0.25) is 0 Å². The molecule has 0 N–H and O–H groups in total. The van der Waals surface area contributed by atoms with Crippen molar-refractivity contribution in [1.82, 2.24) is 0 Å². The molecule has 1 unspecified atom stereocenters. The van der Waals surface area contributed by atoms with E-state index in [-0.39, 0.29) is 0 Å². The fourth-order valence-corrected chi connectivity index (χ4v) is 3.02. The van der Waals surface area contributed by atoms with Crippen LogP contribution in [0.4, 0.5) is 11.4 Å². The molecule has 0 bridgehead atoms. The Morgan fingerprint density at radius 3 is 2.80 bits per heavy atom. The average Bonchev–Trinajstić information content (AvgIpc) is 2.46. The van der Waals surface area contributed by atoms with E-state index in [9.17, 15) is 0 Å². The van der Waals surface area contributed by atoms with E-state index in [1.807, 2.05) is 12.1 Å². The summed E-state index contributed by atoms with van der Waals surface area (Å²) in [6.45, 7) is 3.23. The van der Waals surface area contributed by atoms with Crippen molar-refractivity contribution in [3.63, 3.8) is 0 Å². The van der Waals surface area contributed by atoms with E-state index >= 15 is 0 Å². The van der Waals surface area contributed by atoms with Gasteiger partial charge in [0.25, 0.3) is 0 Å². The second-order valence-electron chi connectivity index (χ2n) is 5.32. The SMILES string of the molecule is CC1Cc2ccccc2N(c2ccc(C#N)c(Cl)c2)C1. The molecule has 0 aromatic heterocycles. The Hall–Kier alpha value is -1.98. The third-order valence-electron chi connectivity index (χ3n) is 3.73. The van der Waals surface area contributed by atoms with Crippen molar-refractivity contribution in [3.05, 3.63) is 58.6 Å². The van der Waals surface area contributed by atoms with Crippen LogP contribution < -0.4 is 4.90 Å². The van der Waals surface area contributed by atoms with Crippen LogP contribution in [0.2, 0.25) is 5.02 Å². The fourth-order valence-electron chi connectivity index (χ4n) is 2.80. The number of hydrogen-bond donors (Lipinski definition) is 0. The van der Waals surface area contributed by atoms with Crippen LogP contribution in [-0.4, -0.2) is 6.54 Å². The molecule has 0 saturated carbocycles. The van der Waals surface area contributed by atoms with Gasteiger partial charge in [-0.25, -0.2) is 0 Å². The summed E-state index contributed by atoms with van der Waals surface area (Å²) < 4.78 is 0. The Bertz CT molecular complexity index is 688. The number of anilines is 2. The topological polar surface area (TPSA) is 27.0 Å². The number of fused-ring (bicyclic) bond motifs is 1. The van der Waals surface area contributed by atoms with Gasteiger partial charge in [-0.3, -0.25) is 0 Å². The standard InChI is InChI=1S/C17H15ClN2/c1-12-8-13-4-2-3-5-17(13)20(11-12)15-7-6-14(10-19)16(18)9-15/h2-7,9,12H,8,11H2,1H3. The number of para-hydroxylation sites is 1. The maximum Gasteiger partial charge on any atom is 0.101 e. The molecule has 0 radical (unpaired) electrons. The lowest BCUT2D eigenvalue weighted by atomic mass is 9.93. The molecule has 2 aromatic rings. The molecule has 0 fully saturated rings. The number of halogens is 1. The van der Waals surface area contributed by atoms with Crippen LogP contribution in [0.15, 0.2) is 42.5 Å². The largest absolute Gasteiger partial charge is 0.341 e. The average molecular weight is 283 g/mol. The van der Waals surface area contributed by atoms with Crippen molar-refractivity contribution in [2.45, 2.75) is 13.3 Å². The van der Waals surface area contributed by atoms with Crippen molar-refractivity contribution in [1.29, 1.82) is 5.26 Å². The van der Waals surface area contributed by atoms with Crippen LogP contribution in [0.25, 0.3) is 0 Å². The van der Waals surface area contributed by atoms with Gasteiger partial charge in [0.05, 0.1) is 10.6 Å². The molecule has 100 valence electrons. The molecule has 0 amide bonds. The summed E-state index contributed by atoms with van der Waals surface area (Å²) in [5.41, 5.74) is 4.18. The highest BCUT2D eigenvalue weighted by molar-refractivity contribution is 6.32. The molecule has 20 heavy (non-hydrogen) atoms. The molecule has 0 spiro atoms. The van der Waals surface area contributed by atoms with Gasteiger partial charge in [0.15, 0.2) is 0 Å². The zero-order chi connectivity index (χ0) is 14.1. The predicted molar refractivity (Wildman–Crippen MR) is 82.5 cm³/mol. The van der Waals surface area contributed by atoms with Crippen LogP contribution in [0.1, 0.15) is 18.1 Å². The lowest BCUT2D eigenvalue weighted by Gasteiger charge is -2.35. The van der Waals surface area contributed by atoms with E-state index in [0.717, 1.165) is 18.7 Å². The van der Waals surface area contributed by atoms with Gasteiger partial charge in [-0.2, -0.15) is 5.26 Å². The highest BCUT2D eigenvalue weighted by atomic mass is 35.5. The first kappa shape index (κ1) is 13.0. The molecule has 1 heterocycles. The van der Waals surface area contributed by atoms with Crippen LogP contribution >= 0.6 is 11.6 Å². The van der Waals surface area contributed by atoms with E-state index in [4.69, 9.17) is 16.9 Å². The van der Waals surface area contributed by atoms with Crippen molar-refractivity contribution in [2.75, 3.05) is 11.4 Å². The second-order valence-corrected chi connectivity index (χ2v) is 5.73. The minimum absolute atomic E-state index is 0.515. The summed E-state index contributed by atoms with van der Waals surface area (Å²) in [5, 5.41) is 9.49. The lowest BCUT2D eigenvalue weighted by Crippen LogP contribution is -2.30. The Labute approximate surface area is 124 Å². The minimum atomic E-state index is 0.515. The smallest absolute Gasteiger partial charge is 0.101 e. The zero-order valence-electron chi connectivity index (χ0n) is 11.3. The van der Waals surface area contributed by atoms with E-state index in [0.29, 0.717) is 16.5 Å². The second kappa shape index (κ2) is 5.19. The Morgan fingerprint density at radius 1 is 1.25 bits per heavy atom. The Morgan fingerprint density at radius 2 is 2.05 bits per heavy atom. The third kappa shape index (κ3) is 2.26. The number of hydrogen-bond acceptors (Lipinski definition) is 2. The van der Waals surface area contributed by atoms with E-state index < -0.39 is 0 Å². The monoisotopic (exact) mass is 282 g/mol. The maximum absolute atomic E-state index is 8.97. The highest BCUT2D eigenvalue weighted by Gasteiger charge is 2.22. The Kier molecular flexibility index (Phi) is 3.38. The van der Waals surface area contributed by atoms with Gasteiger partial charge >= 0.3 is 0 Å². The van der Waals surface area contributed by atoms with Crippen LogP contribution in [0.5, 0.6) is 0 Å². The van der Waals surface area contributed by atoms with Crippen molar-refractivity contribution >= 4 is 23.0 Å². The number of benzene rings is 2. The predicted octanol–water partition coefficient (Wildman–Crippen LogP) is 4.54. The van der Waals surface area contributed by atoms with E-state index in [2.05, 4.69) is 42.2 Å². The summed E-state index contributed by atoms with van der Waals surface area (Å²) >= 11 is 6.16. The van der Waals surface area contributed by atoms with Gasteiger partial charge in [-0.15, -0.1) is 0 Å². The summed E-state index contributed by atoms with van der Waals surface area (Å²) in [6.07, 6.45) is 1.11. The molecule has 1 aliphatic heterocycles. The van der Waals surface area contributed by atoms with Crippen molar-refractivity contribution < 1.29 is 0 Å². The molecular weight excluding hydrogens is 268 g/mol. The Balaban J connectivity index is 2.06. The van der Waals surface area contributed by atoms with Gasteiger partial charge in [-0.05, 0) is 42.2 Å². The molecule has 0 saturated heterocycles. The molecule has 3 rings (SSSR count). The highest BCUT2D eigenvalue weighted by Crippen LogP contribution is 2.36. The van der Waals surface area contributed by atoms with Crippen LogP contribution in [-0.2, 0) is 6.42 Å². The minimum Gasteiger partial charge on any atom is -0.341 e. The van der Waals surface area contributed by atoms with Crippen molar-refractivity contribution in [2.24, 2.45) is 5.92 Å². The van der Waals surface area contributed by atoms with Gasteiger partial charge in [0, 0.05) is 17.9 Å². The first-order valence-electron chi connectivity index (χ1n) is 6.74. The number of rotatable bonds is 1. The third-order valence-corrected chi connectivity index (χ3v) is 4.04. The first-order chi connectivity index (χ1) is 9.69. The van der Waals surface area contributed by atoms with E-state index in [1.54, 1.807) is 6.07 Å². The van der Waals surface area contributed by atoms with Crippen molar-refractivity contribution in [3.8, 4) is 6.07 Å². The van der Waals surface area contributed by atoms with Crippen LogP contribution in [0.3, 0.4) is 0 Å². The summed E-state index contributed by atoms with van der Waals surface area (Å²) in [7, 11) is 0. The summed E-state index contributed by atoms with van der Waals surface area (Å²) in [4.78, 5) is 2.29. The summed E-state index contributed by atoms with van der Waals surface area (Å²) in [5.74, 6) is 0.597. The molecule has 1 atom stereocenters. The fraction of sp³-hybridized carbons (Fsp3) is 0.235. The van der Waals surface area contributed by atoms with Gasteiger partial charge in [0.1, 0.15) is 6.07 Å².